The molecule has 0 saturated heterocycles. The fourth-order valence-corrected chi connectivity index (χ4v) is 2.07. The van der Waals surface area contributed by atoms with Crippen LogP contribution < -0.4 is 11.1 Å². The van der Waals surface area contributed by atoms with E-state index >= 15 is 0 Å². The highest BCUT2D eigenvalue weighted by atomic mass is 16.1. The van der Waals surface area contributed by atoms with Gasteiger partial charge in [0.1, 0.15) is 0 Å². The van der Waals surface area contributed by atoms with Gasteiger partial charge in [-0.05, 0) is 25.3 Å². The highest BCUT2D eigenvalue weighted by Crippen LogP contribution is 2.11. The van der Waals surface area contributed by atoms with Crippen LogP contribution in [0, 0.1) is 0 Å². The van der Waals surface area contributed by atoms with Gasteiger partial charge in [-0.2, -0.15) is 0 Å². The van der Waals surface area contributed by atoms with Gasteiger partial charge in [-0.1, -0.05) is 43.7 Å². The maximum atomic E-state index is 11.9. The van der Waals surface area contributed by atoms with E-state index in [4.69, 9.17) is 5.73 Å². The molecule has 1 rings (SSSR count). The first-order valence-corrected chi connectivity index (χ1v) is 6.64. The Morgan fingerprint density at radius 2 is 2.00 bits per heavy atom. The molecule has 0 aliphatic carbocycles. The fourth-order valence-electron chi connectivity index (χ4n) is 2.07. The lowest BCUT2D eigenvalue weighted by Gasteiger charge is -2.29. The van der Waals surface area contributed by atoms with E-state index in [2.05, 4.69) is 12.2 Å². The highest BCUT2D eigenvalue weighted by Gasteiger charge is 2.23. The molecule has 3 heteroatoms. The topological polar surface area (TPSA) is 55.1 Å². The monoisotopic (exact) mass is 248 g/mol. The van der Waals surface area contributed by atoms with Crippen molar-refractivity contribution < 1.29 is 4.79 Å². The quantitative estimate of drug-likeness (QED) is 0.777. The summed E-state index contributed by atoms with van der Waals surface area (Å²) < 4.78 is 0. The van der Waals surface area contributed by atoms with Crippen LogP contribution >= 0.6 is 0 Å². The molecule has 100 valence electrons. The molecule has 1 aromatic carbocycles. The summed E-state index contributed by atoms with van der Waals surface area (Å²) in [5.74, 6) is 0.0836. The van der Waals surface area contributed by atoms with E-state index in [0.29, 0.717) is 13.0 Å². The lowest BCUT2D eigenvalue weighted by molar-refractivity contribution is -0.122. The smallest absolute Gasteiger partial charge is 0.220 e. The summed E-state index contributed by atoms with van der Waals surface area (Å²) in [6, 6.07) is 10.1. The zero-order valence-corrected chi connectivity index (χ0v) is 11.4. The van der Waals surface area contributed by atoms with Gasteiger partial charge in [0.15, 0.2) is 0 Å². The van der Waals surface area contributed by atoms with Crippen molar-refractivity contribution in [3.05, 3.63) is 35.9 Å². The normalized spacial score (nSPS) is 13.9. The summed E-state index contributed by atoms with van der Waals surface area (Å²) in [7, 11) is 0. The molecule has 0 fully saturated rings. The summed E-state index contributed by atoms with van der Waals surface area (Å²) >= 11 is 0. The summed E-state index contributed by atoms with van der Waals surface area (Å²) in [5, 5.41) is 3.05. The Balaban J connectivity index is 2.41. The fraction of sp³-hybridized carbons (Fsp3) is 0.533. The molecule has 0 aliphatic heterocycles. The van der Waals surface area contributed by atoms with Crippen LogP contribution in [0.4, 0.5) is 0 Å². The van der Waals surface area contributed by atoms with Gasteiger partial charge in [0, 0.05) is 18.5 Å². The third-order valence-corrected chi connectivity index (χ3v) is 3.18. The minimum Gasteiger partial charge on any atom is -0.350 e. The lowest BCUT2D eigenvalue weighted by Crippen LogP contribution is -2.51. The van der Waals surface area contributed by atoms with E-state index in [1.165, 1.54) is 5.56 Å². The number of rotatable bonds is 7. The molecule has 1 aromatic rings. The Hall–Kier alpha value is -1.35. The van der Waals surface area contributed by atoms with Crippen molar-refractivity contribution in [2.24, 2.45) is 5.73 Å². The second-order valence-corrected chi connectivity index (χ2v) is 5.05. The van der Waals surface area contributed by atoms with Gasteiger partial charge in [0.2, 0.25) is 5.91 Å². The number of nitrogens with two attached hydrogens (primary N) is 1. The van der Waals surface area contributed by atoms with E-state index in [1.807, 2.05) is 37.3 Å². The molecule has 0 radical (unpaired) electrons. The van der Waals surface area contributed by atoms with Gasteiger partial charge in [0.05, 0.1) is 0 Å². The summed E-state index contributed by atoms with van der Waals surface area (Å²) in [6.07, 6.45) is 3.23. The number of aryl methyl sites for hydroxylation is 1. The largest absolute Gasteiger partial charge is 0.350 e. The van der Waals surface area contributed by atoms with Crippen LogP contribution in [0.15, 0.2) is 30.3 Å². The average Bonchev–Trinajstić information content (AvgIpc) is 2.38. The van der Waals surface area contributed by atoms with Crippen molar-refractivity contribution in [1.82, 2.24) is 5.32 Å². The molecule has 1 unspecified atom stereocenters. The second-order valence-electron chi connectivity index (χ2n) is 5.05. The van der Waals surface area contributed by atoms with E-state index in [-0.39, 0.29) is 11.4 Å². The van der Waals surface area contributed by atoms with E-state index in [0.717, 1.165) is 19.3 Å². The number of nitrogens with one attached hydrogen (secondary N) is 1. The SMILES string of the molecule is CCCC(C)(CN)NC(=O)CCc1ccccc1. The first-order valence-electron chi connectivity index (χ1n) is 6.64. The molecule has 0 aliphatic rings. The Morgan fingerprint density at radius 1 is 1.33 bits per heavy atom. The van der Waals surface area contributed by atoms with E-state index in [1.54, 1.807) is 0 Å². The van der Waals surface area contributed by atoms with Crippen molar-refractivity contribution in [3.8, 4) is 0 Å². The van der Waals surface area contributed by atoms with Crippen LogP contribution in [0.3, 0.4) is 0 Å². The average molecular weight is 248 g/mol. The van der Waals surface area contributed by atoms with Crippen LogP contribution in [0.5, 0.6) is 0 Å². The number of benzene rings is 1. The van der Waals surface area contributed by atoms with Crippen LogP contribution in [0.2, 0.25) is 0 Å². The standard InChI is InChI=1S/C15H24N2O/c1-3-11-15(2,12-16)17-14(18)10-9-13-7-5-4-6-8-13/h4-8H,3,9-12,16H2,1-2H3,(H,17,18). The number of hydrogen-bond acceptors (Lipinski definition) is 2. The van der Waals surface area contributed by atoms with E-state index < -0.39 is 0 Å². The second kappa shape index (κ2) is 7.17. The molecule has 18 heavy (non-hydrogen) atoms. The first kappa shape index (κ1) is 14.7. The third kappa shape index (κ3) is 4.88. The zero-order valence-electron chi connectivity index (χ0n) is 11.4. The van der Waals surface area contributed by atoms with Gasteiger partial charge in [-0.15, -0.1) is 0 Å². The molecule has 0 aromatic heterocycles. The first-order chi connectivity index (χ1) is 8.59. The van der Waals surface area contributed by atoms with Gasteiger partial charge >= 0.3 is 0 Å². The van der Waals surface area contributed by atoms with E-state index in [9.17, 15) is 4.79 Å². The van der Waals surface area contributed by atoms with Crippen molar-refractivity contribution in [2.45, 2.75) is 45.1 Å². The maximum Gasteiger partial charge on any atom is 0.220 e. The Kier molecular flexibility index (Phi) is 5.86. The van der Waals surface area contributed by atoms with Gasteiger partial charge in [-0.3, -0.25) is 4.79 Å². The van der Waals surface area contributed by atoms with Crippen molar-refractivity contribution in [2.75, 3.05) is 6.54 Å². The number of carbonyl (C=O) groups excluding carboxylic acids is 1. The number of carbonyl (C=O) groups is 1. The van der Waals surface area contributed by atoms with Crippen LogP contribution in [0.1, 0.15) is 38.7 Å². The van der Waals surface area contributed by atoms with Crippen molar-refractivity contribution >= 4 is 5.91 Å². The zero-order chi connectivity index (χ0) is 13.4. The summed E-state index contributed by atoms with van der Waals surface area (Å²) in [5.41, 5.74) is 6.66. The summed E-state index contributed by atoms with van der Waals surface area (Å²) in [6.45, 7) is 4.60. The van der Waals surface area contributed by atoms with Crippen molar-refractivity contribution in [3.63, 3.8) is 0 Å². The predicted molar refractivity (Wildman–Crippen MR) is 75.3 cm³/mol. The molecule has 3 N–H and O–H groups in total. The van der Waals surface area contributed by atoms with Crippen LogP contribution in [0.25, 0.3) is 0 Å². The molecule has 0 saturated carbocycles. The van der Waals surface area contributed by atoms with Gasteiger partial charge in [-0.25, -0.2) is 0 Å². The minimum absolute atomic E-state index is 0.0836. The summed E-state index contributed by atoms with van der Waals surface area (Å²) in [4.78, 5) is 11.9. The molecule has 0 bridgehead atoms. The molecular weight excluding hydrogens is 224 g/mol. The Bertz CT molecular complexity index is 364. The van der Waals surface area contributed by atoms with Crippen LogP contribution in [-0.4, -0.2) is 18.0 Å². The maximum absolute atomic E-state index is 11.9. The highest BCUT2D eigenvalue weighted by molar-refractivity contribution is 5.77. The molecule has 1 amide bonds. The molecule has 3 nitrogen and oxygen atoms in total. The Morgan fingerprint density at radius 3 is 2.56 bits per heavy atom. The number of hydrogen-bond donors (Lipinski definition) is 2. The molecular formula is C15H24N2O. The molecule has 0 spiro atoms. The Labute approximate surface area is 110 Å². The number of amides is 1. The van der Waals surface area contributed by atoms with Crippen LogP contribution in [-0.2, 0) is 11.2 Å². The van der Waals surface area contributed by atoms with Crippen molar-refractivity contribution in [1.29, 1.82) is 0 Å². The van der Waals surface area contributed by atoms with Gasteiger partial charge < -0.3 is 11.1 Å². The van der Waals surface area contributed by atoms with Gasteiger partial charge in [0.25, 0.3) is 0 Å². The minimum atomic E-state index is -0.261. The predicted octanol–water partition coefficient (Wildman–Crippen LogP) is 2.25. The molecule has 1 atom stereocenters. The molecule has 0 heterocycles. The third-order valence-electron chi connectivity index (χ3n) is 3.18. The lowest BCUT2D eigenvalue weighted by atomic mass is 9.96.